The van der Waals surface area contributed by atoms with Crippen LogP contribution in [0.2, 0.25) is 0 Å². The summed E-state index contributed by atoms with van der Waals surface area (Å²) in [6.07, 6.45) is 0. The molecule has 0 fully saturated rings. The average Bonchev–Trinajstić information content (AvgIpc) is 3.10. The van der Waals surface area contributed by atoms with Crippen molar-refractivity contribution in [2.24, 2.45) is 0 Å². The molecule has 0 aliphatic rings. The first kappa shape index (κ1) is 18.8. The van der Waals surface area contributed by atoms with Gasteiger partial charge >= 0.3 is 6.61 Å². The lowest BCUT2D eigenvalue weighted by atomic mass is 10.2. The highest BCUT2D eigenvalue weighted by Crippen LogP contribution is 2.25. The summed E-state index contributed by atoms with van der Waals surface area (Å²) >= 11 is 0.982. The molecule has 1 amide bonds. The molecule has 0 radical (unpaired) electrons. The van der Waals surface area contributed by atoms with Crippen LogP contribution in [0.1, 0.15) is 0 Å². The predicted molar refractivity (Wildman–Crippen MR) is 92.1 cm³/mol. The monoisotopic (exact) mass is 395 g/mol. The molecule has 10 heteroatoms. The van der Waals surface area contributed by atoms with Gasteiger partial charge in [-0.25, -0.2) is 4.39 Å². The van der Waals surface area contributed by atoms with Crippen LogP contribution in [0.25, 0.3) is 11.5 Å². The Balaban J connectivity index is 1.53. The fraction of sp³-hybridized carbons (Fsp3) is 0.118. The van der Waals surface area contributed by atoms with Crippen molar-refractivity contribution < 1.29 is 27.1 Å². The lowest BCUT2D eigenvalue weighted by Crippen LogP contribution is -2.14. The minimum Gasteiger partial charge on any atom is -0.435 e. The van der Waals surface area contributed by atoms with Gasteiger partial charge in [0.25, 0.3) is 11.1 Å². The highest BCUT2D eigenvalue weighted by Gasteiger charge is 2.14. The Hall–Kier alpha value is -3.01. The molecule has 1 N–H and O–H groups in total. The quantitative estimate of drug-likeness (QED) is 0.604. The van der Waals surface area contributed by atoms with Gasteiger partial charge in [-0.2, -0.15) is 8.78 Å². The van der Waals surface area contributed by atoms with Gasteiger partial charge in [-0.1, -0.05) is 23.9 Å². The van der Waals surface area contributed by atoms with Gasteiger partial charge < -0.3 is 14.5 Å². The molecule has 3 rings (SSSR count). The van der Waals surface area contributed by atoms with E-state index in [1.807, 2.05) is 0 Å². The maximum Gasteiger partial charge on any atom is 0.387 e. The van der Waals surface area contributed by atoms with Crippen molar-refractivity contribution in [1.29, 1.82) is 0 Å². The maximum absolute atomic E-state index is 13.7. The molecule has 0 bridgehead atoms. The van der Waals surface area contributed by atoms with Crippen molar-refractivity contribution in [3.8, 4) is 17.2 Å². The molecule has 27 heavy (non-hydrogen) atoms. The number of carbonyl (C=O) groups is 1. The number of anilines is 1. The maximum atomic E-state index is 13.7. The number of benzene rings is 2. The van der Waals surface area contributed by atoms with Crippen molar-refractivity contribution in [2.75, 3.05) is 11.1 Å². The summed E-state index contributed by atoms with van der Waals surface area (Å²) in [7, 11) is 0. The Labute approximate surface area is 155 Å². The van der Waals surface area contributed by atoms with E-state index in [0.717, 1.165) is 11.8 Å². The number of ether oxygens (including phenoxy) is 1. The average molecular weight is 395 g/mol. The highest BCUT2D eigenvalue weighted by atomic mass is 32.2. The molecule has 0 atom stereocenters. The standard InChI is InChI=1S/C17H12F3N3O3S/c18-13-4-2-1-3-12(13)15-22-23-17(26-15)27-9-14(24)21-10-5-7-11(8-6-10)25-16(19)20/h1-8,16H,9H2,(H,21,24). The fourth-order valence-corrected chi connectivity index (χ4v) is 2.62. The molecule has 0 unspecified atom stereocenters. The molecule has 140 valence electrons. The Morgan fingerprint density at radius 3 is 2.59 bits per heavy atom. The molecule has 6 nitrogen and oxygen atoms in total. The zero-order chi connectivity index (χ0) is 19.2. The van der Waals surface area contributed by atoms with E-state index < -0.39 is 12.4 Å². The number of halogens is 3. The molecular weight excluding hydrogens is 383 g/mol. The first-order valence-corrected chi connectivity index (χ1v) is 8.56. The topological polar surface area (TPSA) is 77.2 Å². The minimum atomic E-state index is -2.91. The van der Waals surface area contributed by atoms with Gasteiger partial charge in [0.05, 0.1) is 11.3 Å². The number of amides is 1. The number of thioether (sulfide) groups is 1. The lowest BCUT2D eigenvalue weighted by molar-refractivity contribution is -0.113. The van der Waals surface area contributed by atoms with E-state index >= 15 is 0 Å². The summed E-state index contributed by atoms with van der Waals surface area (Å²) in [5.74, 6) is -0.883. The molecular formula is C17H12F3N3O3S. The Morgan fingerprint density at radius 1 is 1.15 bits per heavy atom. The number of rotatable bonds is 7. The third-order valence-electron chi connectivity index (χ3n) is 3.20. The number of nitrogens with zero attached hydrogens (tertiary/aromatic N) is 2. The summed E-state index contributed by atoms with van der Waals surface area (Å²) in [5, 5.41) is 10.2. The zero-order valence-electron chi connectivity index (χ0n) is 13.6. The van der Waals surface area contributed by atoms with Crippen molar-refractivity contribution in [3.05, 3.63) is 54.3 Å². The van der Waals surface area contributed by atoms with E-state index in [0.29, 0.717) is 5.69 Å². The minimum absolute atomic E-state index is 0.0103. The van der Waals surface area contributed by atoms with Gasteiger partial charge in [-0.05, 0) is 36.4 Å². The Morgan fingerprint density at radius 2 is 1.89 bits per heavy atom. The van der Waals surface area contributed by atoms with Crippen molar-refractivity contribution >= 4 is 23.4 Å². The van der Waals surface area contributed by atoms with Gasteiger partial charge in [0.2, 0.25) is 5.91 Å². The third-order valence-corrected chi connectivity index (χ3v) is 4.02. The second-order valence-corrected chi connectivity index (χ2v) is 6.02. The van der Waals surface area contributed by atoms with Crippen molar-refractivity contribution in [3.63, 3.8) is 0 Å². The van der Waals surface area contributed by atoms with Crippen LogP contribution in [-0.4, -0.2) is 28.5 Å². The fourth-order valence-electron chi connectivity index (χ4n) is 2.06. The molecule has 1 heterocycles. The van der Waals surface area contributed by atoms with Crippen LogP contribution < -0.4 is 10.1 Å². The second kappa shape index (κ2) is 8.58. The van der Waals surface area contributed by atoms with Crippen LogP contribution in [0.15, 0.2) is 58.2 Å². The molecule has 0 aliphatic heterocycles. The van der Waals surface area contributed by atoms with Crippen LogP contribution in [0.3, 0.4) is 0 Å². The van der Waals surface area contributed by atoms with E-state index in [2.05, 4.69) is 20.3 Å². The van der Waals surface area contributed by atoms with Gasteiger partial charge in [0, 0.05) is 5.69 Å². The number of hydrogen-bond acceptors (Lipinski definition) is 6. The molecule has 0 saturated heterocycles. The Bertz CT molecular complexity index is 919. The smallest absolute Gasteiger partial charge is 0.387 e. The molecule has 0 spiro atoms. The van der Waals surface area contributed by atoms with Crippen LogP contribution in [0.4, 0.5) is 18.9 Å². The van der Waals surface area contributed by atoms with Crippen LogP contribution in [0, 0.1) is 5.82 Å². The van der Waals surface area contributed by atoms with Crippen LogP contribution >= 0.6 is 11.8 Å². The molecule has 0 saturated carbocycles. The summed E-state index contributed by atoms with van der Waals surface area (Å²) < 4.78 is 47.4. The zero-order valence-corrected chi connectivity index (χ0v) is 14.4. The first-order chi connectivity index (χ1) is 13.0. The SMILES string of the molecule is O=C(CSc1nnc(-c2ccccc2F)o1)Nc1ccc(OC(F)F)cc1. The first-order valence-electron chi connectivity index (χ1n) is 7.57. The van der Waals surface area contributed by atoms with E-state index in [4.69, 9.17) is 4.42 Å². The lowest BCUT2D eigenvalue weighted by Gasteiger charge is -2.06. The second-order valence-electron chi connectivity index (χ2n) is 5.09. The van der Waals surface area contributed by atoms with Gasteiger partial charge in [-0.3, -0.25) is 4.79 Å². The van der Waals surface area contributed by atoms with E-state index in [1.54, 1.807) is 12.1 Å². The number of alkyl halides is 2. The number of aromatic nitrogens is 2. The third kappa shape index (κ3) is 5.23. The summed E-state index contributed by atoms with van der Waals surface area (Å²) in [5.41, 5.74) is 0.590. The van der Waals surface area contributed by atoms with Crippen LogP contribution in [0.5, 0.6) is 5.75 Å². The molecule has 1 aromatic heterocycles. The van der Waals surface area contributed by atoms with Crippen molar-refractivity contribution in [1.82, 2.24) is 10.2 Å². The largest absolute Gasteiger partial charge is 0.435 e. The Kier molecular flexibility index (Phi) is 5.97. The van der Waals surface area contributed by atoms with E-state index in [-0.39, 0.29) is 34.1 Å². The molecule has 0 aliphatic carbocycles. The normalized spacial score (nSPS) is 10.8. The number of hydrogen-bond donors (Lipinski definition) is 1. The van der Waals surface area contributed by atoms with Gasteiger partial charge in [0.15, 0.2) is 0 Å². The predicted octanol–water partition coefficient (Wildman–Crippen LogP) is 4.21. The van der Waals surface area contributed by atoms with E-state index in [9.17, 15) is 18.0 Å². The van der Waals surface area contributed by atoms with Gasteiger partial charge in [-0.15, -0.1) is 10.2 Å². The molecule has 2 aromatic carbocycles. The van der Waals surface area contributed by atoms with E-state index in [1.165, 1.54) is 36.4 Å². The number of carbonyl (C=O) groups excluding carboxylic acids is 1. The van der Waals surface area contributed by atoms with Crippen molar-refractivity contribution in [2.45, 2.75) is 11.8 Å². The molecule has 3 aromatic rings. The van der Waals surface area contributed by atoms with Crippen LogP contribution in [-0.2, 0) is 4.79 Å². The number of nitrogens with one attached hydrogen (secondary N) is 1. The summed E-state index contributed by atoms with van der Waals surface area (Å²) in [4.78, 5) is 11.9. The summed E-state index contributed by atoms with van der Waals surface area (Å²) in [6.45, 7) is -2.91. The van der Waals surface area contributed by atoms with Gasteiger partial charge in [0.1, 0.15) is 11.6 Å². The summed E-state index contributed by atoms with van der Waals surface area (Å²) in [6, 6.07) is 11.5. The highest BCUT2D eigenvalue weighted by molar-refractivity contribution is 7.99.